The molecule has 2 heterocycles. The molecule has 0 unspecified atom stereocenters. The lowest BCUT2D eigenvalue weighted by Gasteiger charge is -2.35. The Labute approximate surface area is 205 Å². The number of anilines is 1. The second-order valence-electron chi connectivity index (χ2n) is 8.88. The fraction of sp³-hybridized carbons (Fsp3) is 0.423. The highest BCUT2D eigenvalue weighted by Crippen LogP contribution is 2.26. The number of carbonyl (C=O) groups excluding carboxylic acids is 2. The molecule has 1 aliphatic rings. The number of nitrogens with one attached hydrogen (secondary N) is 1. The lowest BCUT2D eigenvalue weighted by molar-refractivity contribution is -0.144. The summed E-state index contributed by atoms with van der Waals surface area (Å²) in [4.78, 5) is 38.6. The van der Waals surface area contributed by atoms with Crippen LogP contribution in [0.2, 0.25) is 0 Å². The minimum atomic E-state index is -0.339. The third-order valence-corrected chi connectivity index (χ3v) is 6.00. The molecule has 9 nitrogen and oxygen atoms in total. The van der Waals surface area contributed by atoms with Crippen LogP contribution in [-0.2, 0) is 14.3 Å². The molecule has 0 saturated carbocycles. The minimum Gasteiger partial charge on any atom is -0.465 e. The zero-order chi connectivity index (χ0) is 24.8. The predicted octanol–water partition coefficient (Wildman–Crippen LogP) is 2.63. The van der Waals surface area contributed by atoms with Gasteiger partial charge in [0.15, 0.2) is 0 Å². The summed E-state index contributed by atoms with van der Waals surface area (Å²) in [7, 11) is 3.88. The Balaban J connectivity index is 1.42. The Morgan fingerprint density at radius 2 is 1.86 bits per heavy atom. The van der Waals surface area contributed by atoms with E-state index in [1.54, 1.807) is 12.1 Å². The largest absolute Gasteiger partial charge is 0.465 e. The van der Waals surface area contributed by atoms with E-state index in [9.17, 15) is 9.59 Å². The average Bonchev–Trinajstić information content (AvgIpc) is 3.28. The van der Waals surface area contributed by atoms with Crippen LogP contribution in [0, 0.1) is 0 Å². The van der Waals surface area contributed by atoms with E-state index >= 15 is 0 Å². The van der Waals surface area contributed by atoms with Gasteiger partial charge in [-0.15, -0.1) is 0 Å². The smallest absolute Gasteiger partial charge is 0.338 e. The van der Waals surface area contributed by atoms with Crippen molar-refractivity contribution < 1.29 is 19.1 Å². The molecule has 186 valence electrons. The van der Waals surface area contributed by atoms with Crippen LogP contribution >= 0.6 is 0 Å². The van der Waals surface area contributed by atoms with E-state index in [0.717, 1.165) is 54.3 Å². The van der Waals surface area contributed by atoms with E-state index < -0.39 is 0 Å². The van der Waals surface area contributed by atoms with Crippen molar-refractivity contribution >= 4 is 28.7 Å². The molecule has 1 fully saturated rings. The Morgan fingerprint density at radius 3 is 2.60 bits per heavy atom. The molecule has 0 bridgehead atoms. The number of benzene rings is 2. The molecule has 1 aromatic heterocycles. The van der Waals surface area contributed by atoms with Gasteiger partial charge in [-0.05, 0) is 51.4 Å². The summed E-state index contributed by atoms with van der Waals surface area (Å²) < 4.78 is 10.4. The standard InChI is InChI=1S/C26H33N5O4/c1-4-34-24(32)18-30-10-12-31(13-11-30)21-7-5-6-19(16-21)25-27-22-9-8-20(17-23(22)28-25)26(33)35-15-14-29(2)3/h5-9,16-17H,4,10-15,18H2,1-3H3,(H,27,28). The Bertz CT molecular complexity index is 1170. The fourth-order valence-electron chi connectivity index (χ4n) is 4.08. The lowest BCUT2D eigenvalue weighted by Crippen LogP contribution is -2.48. The second-order valence-corrected chi connectivity index (χ2v) is 8.88. The van der Waals surface area contributed by atoms with E-state index in [-0.39, 0.29) is 11.9 Å². The SMILES string of the molecule is CCOC(=O)CN1CCN(c2cccc(-c3nc4ccc(C(=O)OCCN(C)C)cc4[nH]3)c2)CC1. The van der Waals surface area contributed by atoms with Crippen LogP contribution in [0.3, 0.4) is 0 Å². The first kappa shape index (κ1) is 24.7. The number of H-pyrrole nitrogens is 1. The molecule has 0 amide bonds. The molecule has 0 aliphatic carbocycles. The number of hydrogen-bond donors (Lipinski definition) is 1. The predicted molar refractivity (Wildman–Crippen MR) is 136 cm³/mol. The van der Waals surface area contributed by atoms with Gasteiger partial charge in [0.1, 0.15) is 12.4 Å². The molecule has 1 N–H and O–H groups in total. The summed E-state index contributed by atoms with van der Waals surface area (Å²) in [6.07, 6.45) is 0. The number of imidazole rings is 1. The van der Waals surface area contributed by atoms with Gasteiger partial charge in [-0.1, -0.05) is 12.1 Å². The van der Waals surface area contributed by atoms with Crippen molar-refractivity contribution in [2.24, 2.45) is 0 Å². The van der Waals surface area contributed by atoms with Gasteiger partial charge in [-0.2, -0.15) is 0 Å². The van der Waals surface area contributed by atoms with Crippen molar-refractivity contribution in [2.45, 2.75) is 6.92 Å². The van der Waals surface area contributed by atoms with Gasteiger partial charge < -0.3 is 24.3 Å². The van der Waals surface area contributed by atoms with Gasteiger partial charge in [0.2, 0.25) is 0 Å². The molecule has 1 aliphatic heterocycles. The van der Waals surface area contributed by atoms with Gasteiger partial charge in [0.05, 0.1) is 29.7 Å². The third-order valence-electron chi connectivity index (χ3n) is 6.00. The molecule has 0 atom stereocenters. The molecule has 0 radical (unpaired) electrons. The van der Waals surface area contributed by atoms with Crippen molar-refractivity contribution in [1.82, 2.24) is 19.8 Å². The lowest BCUT2D eigenvalue weighted by atomic mass is 10.1. The van der Waals surface area contributed by atoms with Crippen molar-refractivity contribution in [3.05, 3.63) is 48.0 Å². The van der Waals surface area contributed by atoms with E-state index in [1.165, 1.54) is 0 Å². The van der Waals surface area contributed by atoms with Crippen molar-refractivity contribution in [3.63, 3.8) is 0 Å². The van der Waals surface area contributed by atoms with Crippen LogP contribution in [0.4, 0.5) is 5.69 Å². The van der Waals surface area contributed by atoms with Gasteiger partial charge in [0.25, 0.3) is 0 Å². The first-order chi connectivity index (χ1) is 16.9. The van der Waals surface area contributed by atoms with Crippen LogP contribution in [0.25, 0.3) is 22.4 Å². The number of aromatic nitrogens is 2. The molecule has 3 aromatic rings. The Hall–Kier alpha value is -3.43. The molecule has 4 rings (SSSR count). The molecule has 2 aromatic carbocycles. The maximum Gasteiger partial charge on any atom is 0.338 e. The van der Waals surface area contributed by atoms with Crippen LogP contribution < -0.4 is 4.90 Å². The molecular weight excluding hydrogens is 446 g/mol. The van der Waals surface area contributed by atoms with E-state index in [0.29, 0.717) is 31.9 Å². The van der Waals surface area contributed by atoms with Crippen molar-refractivity contribution in [1.29, 1.82) is 0 Å². The summed E-state index contributed by atoms with van der Waals surface area (Å²) in [6, 6.07) is 13.6. The number of likely N-dealkylation sites (N-methyl/N-ethyl adjacent to an activating group) is 1. The number of aromatic amines is 1. The number of fused-ring (bicyclic) bond motifs is 1. The van der Waals surface area contributed by atoms with E-state index in [1.807, 2.05) is 44.1 Å². The summed E-state index contributed by atoms with van der Waals surface area (Å²) in [5, 5.41) is 0. The maximum absolute atomic E-state index is 12.4. The highest BCUT2D eigenvalue weighted by Gasteiger charge is 2.20. The van der Waals surface area contributed by atoms with Gasteiger partial charge in [0, 0.05) is 44.0 Å². The van der Waals surface area contributed by atoms with Crippen LogP contribution in [-0.4, -0.2) is 98.3 Å². The summed E-state index contributed by atoms with van der Waals surface area (Å²) in [6.45, 7) is 6.89. The van der Waals surface area contributed by atoms with Gasteiger partial charge >= 0.3 is 11.9 Å². The van der Waals surface area contributed by atoms with Crippen LogP contribution in [0.15, 0.2) is 42.5 Å². The second kappa shape index (κ2) is 11.3. The number of esters is 2. The van der Waals surface area contributed by atoms with Crippen LogP contribution in [0.5, 0.6) is 0 Å². The van der Waals surface area contributed by atoms with E-state index in [4.69, 9.17) is 14.5 Å². The minimum absolute atomic E-state index is 0.169. The quantitative estimate of drug-likeness (QED) is 0.469. The zero-order valence-electron chi connectivity index (χ0n) is 20.6. The summed E-state index contributed by atoms with van der Waals surface area (Å²) in [5.41, 5.74) is 4.18. The number of piperazine rings is 1. The highest BCUT2D eigenvalue weighted by atomic mass is 16.5. The molecular formula is C26H33N5O4. The van der Waals surface area contributed by atoms with E-state index in [2.05, 4.69) is 26.9 Å². The number of ether oxygens (including phenoxy) is 2. The zero-order valence-corrected chi connectivity index (χ0v) is 20.6. The molecule has 0 spiro atoms. The molecule has 9 heteroatoms. The maximum atomic E-state index is 12.4. The Morgan fingerprint density at radius 1 is 1.06 bits per heavy atom. The van der Waals surface area contributed by atoms with Crippen LogP contribution in [0.1, 0.15) is 17.3 Å². The van der Waals surface area contributed by atoms with Crippen molar-refractivity contribution in [2.75, 3.05) is 71.5 Å². The molecule has 1 saturated heterocycles. The summed E-state index contributed by atoms with van der Waals surface area (Å²) in [5.74, 6) is 0.243. The normalized spacial score (nSPS) is 14.5. The fourth-order valence-corrected chi connectivity index (χ4v) is 4.08. The van der Waals surface area contributed by atoms with Gasteiger partial charge in [-0.3, -0.25) is 9.69 Å². The first-order valence-corrected chi connectivity index (χ1v) is 12.0. The average molecular weight is 480 g/mol. The number of nitrogens with zero attached hydrogens (tertiary/aromatic N) is 4. The molecule has 35 heavy (non-hydrogen) atoms. The first-order valence-electron chi connectivity index (χ1n) is 12.0. The topological polar surface area (TPSA) is 91.0 Å². The third kappa shape index (κ3) is 6.37. The summed E-state index contributed by atoms with van der Waals surface area (Å²) >= 11 is 0. The van der Waals surface area contributed by atoms with Gasteiger partial charge in [-0.25, -0.2) is 9.78 Å². The monoisotopic (exact) mass is 479 g/mol. The number of carbonyl (C=O) groups is 2. The van der Waals surface area contributed by atoms with Crippen molar-refractivity contribution in [3.8, 4) is 11.4 Å². The Kier molecular flexibility index (Phi) is 7.99. The number of rotatable bonds is 9. The number of hydrogen-bond acceptors (Lipinski definition) is 8. The highest BCUT2D eigenvalue weighted by molar-refractivity contribution is 5.94.